The second kappa shape index (κ2) is 11.9. The first-order valence-corrected chi connectivity index (χ1v) is 13.2. The minimum atomic E-state index is -1.19. The fourth-order valence-corrected chi connectivity index (χ4v) is 5.82. The van der Waals surface area contributed by atoms with Crippen LogP contribution < -0.4 is 0 Å². The first-order valence-electron chi connectivity index (χ1n) is 12.3. The van der Waals surface area contributed by atoms with Crippen LogP contribution in [-0.2, 0) is 37.8 Å². The van der Waals surface area contributed by atoms with Gasteiger partial charge in [-0.05, 0) is 47.7 Å². The Hall–Kier alpha value is -1.58. The van der Waals surface area contributed by atoms with Crippen molar-refractivity contribution in [1.29, 1.82) is 0 Å². The predicted molar refractivity (Wildman–Crippen MR) is 133 cm³/mol. The van der Waals surface area contributed by atoms with Crippen molar-refractivity contribution in [1.82, 2.24) is 4.90 Å². The van der Waals surface area contributed by atoms with Crippen LogP contribution >= 0.6 is 8.46 Å². The topological polar surface area (TPSA) is 121 Å². The average molecular weight is 532 g/mol. The summed E-state index contributed by atoms with van der Waals surface area (Å²) in [6.45, 7) is 12.0. The molecule has 0 bridgehead atoms. The van der Waals surface area contributed by atoms with Gasteiger partial charge in [0, 0.05) is 32.9 Å². The molecule has 1 fully saturated rings. The molecule has 0 aromatic carbocycles. The molecule has 0 saturated carbocycles. The van der Waals surface area contributed by atoms with Gasteiger partial charge in [-0.25, -0.2) is 4.79 Å². The van der Waals surface area contributed by atoms with E-state index in [2.05, 4.69) is 0 Å². The van der Waals surface area contributed by atoms with Gasteiger partial charge in [-0.1, -0.05) is 13.8 Å². The summed E-state index contributed by atoms with van der Waals surface area (Å²) in [4.78, 5) is 26.4. The van der Waals surface area contributed by atoms with Gasteiger partial charge in [-0.2, -0.15) is 0 Å². The third-order valence-corrected chi connectivity index (χ3v) is 7.95. The molecule has 11 heteroatoms. The molecule has 2 aliphatic rings. The molecule has 2 rings (SSSR count). The number of esters is 1. The normalized spacial score (nSPS) is 30.8. The molecule has 0 amide bonds. The van der Waals surface area contributed by atoms with Gasteiger partial charge in [0.25, 0.3) is 0 Å². The van der Waals surface area contributed by atoms with E-state index in [1.807, 2.05) is 32.8 Å². The summed E-state index contributed by atoms with van der Waals surface area (Å²) < 4.78 is 42.4. The number of methoxy groups -OCH3 is 1. The maximum atomic E-state index is 12.6. The van der Waals surface area contributed by atoms with Crippen molar-refractivity contribution in [2.24, 2.45) is 11.8 Å². The lowest BCUT2D eigenvalue weighted by Crippen LogP contribution is -2.57. The number of carbonyl (C=O) groups excluding carboxylic acids is 1. The number of carboxylic acids is 1. The van der Waals surface area contributed by atoms with Gasteiger partial charge in [0.2, 0.25) is 5.79 Å². The third kappa shape index (κ3) is 6.84. The highest BCUT2D eigenvalue weighted by atomic mass is 31.1. The Morgan fingerprint density at radius 1 is 1.31 bits per heavy atom. The second-order valence-corrected chi connectivity index (χ2v) is 11.7. The summed E-state index contributed by atoms with van der Waals surface area (Å²) in [5.41, 5.74) is -1.32. The molecule has 206 valence electrons. The molecule has 3 unspecified atom stereocenters. The highest BCUT2D eigenvalue weighted by Crippen LogP contribution is 2.41. The van der Waals surface area contributed by atoms with Crippen LogP contribution in [0.25, 0.3) is 0 Å². The summed E-state index contributed by atoms with van der Waals surface area (Å²) in [5.74, 6) is -3.60. The largest absolute Gasteiger partial charge is 0.481 e. The molecule has 0 aromatic heterocycles. The van der Waals surface area contributed by atoms with Gasteiger partial charge >= 0.3 is 11.9 Å². The summed E-state index contributed by atoms with van der Waals surface area (Å²) in [6.07, 6.45) is -1.06. The van der Waals surface area contributed by atoms with E-state index in [0.29, 0.717) is 17.8 Å². The summed E-state index contributed by atoms with van der Waals surface area (Å²) in [5, 5.41) is 9.62. The van der Waals surface area contributed by atoms with E-state index in [0.717, 1.165) is 0 Å². The van der Waals surface area contributed by atoms with Crippen molar-refractivity contribution < 1.29 is 42.9 Å². The molecule has 0 spiro atoms. The minimum absolute atomic E-state index is 0.0681. The standard InChI is InChI=1S/C25H42NO9P/c1-13(21(27)28)12-25(7,31-10)20(15(3)18-16(4)22(29)35-24(5,6)34-18)33-23-19(36-30)17(26(8)9)11-14(2)32-23/h13-15,17,19-20,23H,11-12H2,1-10H3,(H,27,28)/t13-,14?,15-,17?,19?,20-,23+,25-/m1/s1. The van der Waals surface area contributed by atoms with Crippen molar-refractivity contribution in [3.8, 4) is 0 Å². The Kier molecular flexibility index (Phi) is 10.1. The first-order chi connectivity index (χ1) is 16.6. The van der Waals surface area contributed by atoms with Crippen molar-refractivity contribution in [3.05, 3.63) is 11.3 Å². The zero-order valence-corrected chi connectivity index (χ0v) is 24.0. The number of aliphatic carboxylic acids is 1. The number of ether oxygens (including phenoxy) is 5. The summed E-state index contributed by atoms with van der Waals surface area (Å²) >= 11 is 0. The third-order valence-electron chi connectivity index (χ3n) is 7.12. The van der Waals surface area contributed by atoms with Gasteiger partial charge < -0.3 is 33.7 Å². The van der Waals surface area contributed by atoms with Crippen LogP contribution in [0.3, 0.4) is 0 Å². The summed E-state index contributed by atoms with van der Waals surface area (Å²) in [6, 6.07) is -0.0681. The van der Waals surface area contributed by atoms with Crippen LogP contribution in [-0.4, -0.2) is 84.7 Å². The van der Waals surface area contributed by atoms with Gasteiger partial charge in [0.15, 0.2) is 14.8 Å². The van der Waals surface area contributed by atoms with Crippen molar-refractivity contribution in [2.75, 3.05) is 21.2 Å². The monoisotopic (exact) mass is 531 g/mol. The SMILES string of the molecule is CO[C@](C)(C[C@@H](C)C(=O)O)[C@H](O[C@@H]1OC(C)CC(N(C)C)C1P=O)[C@H](C)C1=C(C)C(=O)OC(C)(C)O1. The lowest BCUT2D eigenvalue weighted by molar-refractivity contribution is -0.266. The molecule has 2 heterocycles. The number of carbonyl (C=O) groups is 2. The van der Waals surface area contributed by atoms with Crippen LogP contribution in [0.15, 0.2) is 11.3 Å². The Labute approximate surface area is 215 Å². The van der Waals surface area contributed by atoms with Crippen LogP contribution in [0.4, 0.5) is 0 Å². The zero-order valence-electron chi connectivity index (χ0n) is 23.1. The molecule has 0 aliphatic carbocycles. The highest BCUT2D eigenvalue weighted by Gasteiger charge is 2.50. The van der Waals surface area contributed by atoms with E-state index >= 15 is 0 Å². The molecule has 10 nitrogen and oxygen atoms in total. The maximum absolute atomic E-state index is 12.6. The van der Waals surface area contributed by atoms with Gasteiger partial charge in [0.1, 0.15) is 11.4 Å². The summed E-state index contributed by atoms with van der Waals surface area (Å²) in [7, 11) is 5.21. The van der Waals surface area contributed by atoms with E-state index < -0.39 is 53.2 Å². The van der Waals surface area contributed by atoms with Crippen molar-refractivity contribution in [3.63, 3.8) is 0 Å². The maximum Gasteiger partial charge on any atom is 0.340 e. The van der Waals surface area contributed by atoms with E-state index in [9.17, 15) is 19.3 Å². The quantitative estimate of drug-likeness (QED) is 0.311. The Balaban J connectivity index is 2.57. The Morgan fingerprint density at radius 2 is 1.92 bits per heavy atom. The van der Waals surface area contributed by atoms with Gasteiger partial charge in [-0.15, -0.1) is 0 Å². The molecule has 36 heavy (non-hydrogen) atoms. The number of hydrogen-bond donors (Lipinski definition) is 1. The number of hydrogen-bond acceptors (Lipinski definition) is 9. The molecule has 1 N–H and O–H groups in total. The van der Waals surface area contributed by atoms with Crippen LogP contribution in [0, 0.1) is 11.8 Å². The molecular weight excluding hydrogens is 489 g/mol. The minimum Gasteiger partial charge on any atom is -0.481 e. The first kappa shape index (κ1) is 30.6. The zero-order chi connectivity index (χ0) is 27.6. The molecular formula is C25H42NO9P. The Morgan fingerprint density at radius 3 is 2.42 bits per heavy atom. The van der Waals surface area contributed by atoms with E-state index in [1.54, 1.807) is 34.6 Å². The predicted octanol–water partition coefficient (Wildman–Crippen LogP) is 3.83. The smallest absolute Gasteiger partial charge is 0.340 e. The molecule has 0 radical (unpaired) electrons. The fraction of sp³-hybridized carbons (Fsp3) is 0.840. The fourth-order valence-electron chi connectivity index (χ4n) is 5.06. The van der Waals surface area contributed by atoms with Crippen molar-refractivity contribution in [2.45, 2.75) is 103 Å². The van der Waals surface area contributed by atoms with Crippen LogP contribution in [0.5, 0.6) is 0 Å². The number of nitrogens with zero attached hydrogens (tertiary/aromatic N) is 1. The van der Waals surface area contributed by atoms with E-state index in [-0.39, 0.29) is 27.0 Å². The Bertz CT molecular complexity index is 860. The van der Waals surface area contributed by atoms with E-state index in [1.165, 1.54) is 7.11 Å². The average Bonchev–Trinajstić information content (AvgIpc) is 2.78. The van der Waals surface area contributed by atoms with Gasteiger partial charge in [-0.3, -0.25) is 9.36 Å². The lowest BCUT2D eigenvalue weighted by atomic mass is 9.80. The number of rotatable bonds is 11. The van der Waals surface area contributed by atoms with E-state index in [4.69, 9.17) is 23.7 Å². The molecule has 8 atom stereocenters. The van der Waals surface area contributed by atoms with Gasteiger partial charge in [0.05, 0.1) is 29.3 Å². The molecule has 0 aromatic rings. The lowest BCUT2D eigenvalue weighted by Gasteiger charge is -2.47. The van der Waals surface area contributed by atoms with Crippen LogP contribution in [0.2, 0.25) is 0 Å². The van der Waals surface area contributed by atoms with Crippen molar-refractivity contribution >= 4 is 20.4 Å². The highest BCUT2D eigenvalue weighted by molar-refractivity contribution is 7.24. The number of cyclic esters (lactones) is 1. The molecule has 2 aliphatic heterocycles. The number of carboxylic acid groups (broad SMARTS) is 1. The molecule has 1 saturated heterocycles. The van der Waals surface area contributed by atoms with Crippen LogP contribution in [0.1, 0.15) is 61.3 Å². The second-order valence-electron chi connectivity index (χ2n) is 10.9.